The minimum absolute atomic E-state index is 0.0342. The van der Waals surface area contributed by atoms with Crippen molar-refractivity contribution in [1.29, 1.82) is 0 Å². The molecule has 0 saturated carbocycles. The van der Waals surface area contributed by atoms with Gasteiger partial charge in [0.1, 0.15) is 12.2 Å². The van der Waals surface area contributed by atoms with Gasteiger partial charge >= 0.3 is 5.97 Å². The first-order valence-electron chi connectivity index (χ1n) is 12.0. The summed E-state index contributed by atoms with van der Waals surface area (Å²) in [5.74, 6) is -0.899. The standard InChI is InChI=1S/C29H28N4O5/c1-20-24(12-8-3-5-9-21-13-15-22(16-14-21)31(2)19-25(35)36)28(37)32(17-18-34)27-26(20)29(38)33(30-27)23-10-6-4-7-11-23/h3-7,9-16,30,34H,17-19H2,1-2H3,(H,35,36). The second-order valence-corrected chi connectivity index (χ2v) is 8.71. The third-order valence-corrected chi connectivity index (χ3v) is 6.15. The van der Waals surface area contributed by atoms with Crippen LogP contribution >= 0.6 is 0 Å². The number of pyridine rings is 1. The van der Waals surface area contributed by atoms with Crippen molar-refractivity contribution in [2.75, 3.05) is 25.1 Å². The van der Waals surface area contributed by atoms with Gasteiger partial charge in [-0.15, -0.1) is 5.73 Å². The van der Waals surface area contributed by atoms with E-state index < -0.39 is 5.97 Å². The topological polar surface area (TPSA) is 121 Å². The van der Waals surface area contributed by atoms with Crippen LogP contribution < -0.4 is 16.0 Å². The van der Waals surface area contributed by atoms with E-state index >= 15 is 0 Å². The lowest BCUT2D eigenvalue weighted by molar-refractivity contribution is -0.135. The molecule has 38 heavy (non-hydrogen) atoms. The Kier molecular flexibility index (Phi) is 7.91. The molecule has 0 fully saturated rings. The first-order valence-corrected chi connectivity index (χ1v) is 12.0. The Morgan fingerprint density at radius 1 is 1.08 bits per heavy atom. The monoisotopic (exact) mass is 512 g/mol. The lowest BCUT2D eigenvalue weighted by atomic mass is 10.1. The molecule has 4 aromatic rings. The number of aliphatic hydroxyl groups is 1. The number of aryl methyl sites for hydroxylation is 1. The average molecular weight is 513 g/mol. The van der Waals surface area contributed by atoms with Crippen LogP contribution in [0, 0.1) is 6.92 Å². The van der Waals surface area contributed by atoms with Crippen LogP contribution in [0.1, 0.15) is 16.7 Å². The van der Waals surface area contributed by atoms with Crippen LogP contribution in [0.5, 0.6) is 0 Å². The fraction of sp³-hybridized carbons (Fsp3) is 0.172. The highest BCUT2D eigenvalue weighted by Crippen LogP contribution is 2.18. The predicted molar refractivity (Wildman–Crippen MR) is 149 cm³/mol. The Morgan fingerprint density at radius 2 is 1.79 bits per heavy atom. The molecule has 0 radical (unpaired) electrons. The van der Waals surface area contributed by atoms with Crippen molar-refractivity contribution in [2.45, 2.75) is 13.5 Å². The number of benzene rings is 2. The van der Waals surface area contributed by atoms with Crippen molar-refractivity contribution in [3.05, 3.63) is 110 Å². The molecule has 2 aromatic carbocycles. The number of aliphatic hydroxyl groups excluding tert-OH is 1. The lowest BCUT2D eigenvalue weighted by Gasteiger charge is -2.16. The van der Waals surface area contributed by atoms with Gasteiger partial charge in [0.2, 0.25) is 0 Å². The first-order chi connectivity index (χ1) is 18.3. The van der Waals surface area contributed by atoms with Gasteiger partial charge in [-0.2, -0.15) is 0 Å². The molecular formula is C29H28N4O5. The van der Waals surface area contributed by atoms with Crippen molar-refractivity contribution in [1.82, 2.24) is 14.3 Å². The number of aromatic nitrogens is 3. The normalized spacial score (nSPS) is 11.0. The van der Waals surface area contributed by atoms with Crippen LogP contribution in [0.15, 0.2) is 82.1 Å². The number of para-hydroxylation sites is 1. The maximum atomic E-state index is 13.3. The number of carboxylic acid groups (broad SMARTS) is 1. The molecule has 0 aliphatic rings. The summed E-state index contributed by atoms with van der Waals surface area (Å²) in [5, 5.41) is 21.9. The Labute approximate surface area is 218 Å². The van der Waals surface area contributed by atoms with E-state index in [2.05, 4.69) is 10.8 Å². The molecule has 3 N–H and O–H groups in total. The lowest BCUT2D eigenvalue weighted by Crippen LogP contribution is -2.26. The van der Waals surface area contributed by atoms with Gasteiger partial charge in [-0.25, -0.2) is 4.68 Å². The van der Waals surface area contributed by atoms with Gasteiger partial charge in [-0.1, -0.05) is 42.5 Å². The van der Waals surface area contributed by atoms with Crippen LogP contribution in [0.2, 0.25) is 0 Å². The zero-order valence-corrected chi connectivity index (χ0v) is 21.1. The molecule has 9 heteroatoms. The quantitative estimate of drug-likeness (QED) is 0.234. The molecule has 0 atom stereocenters. The van der Waals surface area contributed by atoms with Crippen LogP contribution in [0.4, 0.5) is 5.69 Å². The molecule has 0 aliphatic carbocycles. The van der Waals surface area contributed by atoms with Gasteiger partial charge in [-0.05, 0) is 54.5 Å². The summed E-state index contributed by atoms with van der Waals surface area (Å²) < 4.78 is 2.76. The Bertz CT molecular complexity index is 1670. The minimum atomic E-state index is -0.899. The average Bonchev–Trinajstić information content (AvgIpc) is 3.25. The number of aromatic amines is 1. The maximum Gasteiger partial charge on any atom is 0.323 e. The second kappa shape index (κ2) is 11.5. The van der Waals surface area contributed by atoms with E-state index in [1.165, 1.54) is 9.25 Å². The molecule has 0 amide bonds. The highest BCUT2D eigenvalue weighted by Gasteiger charge is 2.19. The molecule has 4 rings (SSSR count). The number of H-pyrrole nitrogens is 1. The van der Waals surface area contributed by atoms with E-state index in [0.29, 0.717) is 27.8 Å². The van der Waals surface area contributed by atoms with Gasteiger partial charge in [0, 0.05) is 12.7 Å². The van der Waals surface area contributed by atoms with E-state index in [-0.39, 0.29) is 30.8 Å². The fourth-order valence-electron chi connectivity index (χ4n) is 4.22. The fourth-order valence-corrected chi connectivity index (χ4v) is 4.22. The number of carbonyl (C=O) groups is 1. The number of anilines is 1. The highest BCUT2D eigenvalue weighted by atomic mass is 16.4. The first kappa shape index (κ1) is 26.2. The Balaban J connectivity index is 1.66. The van der Waals surface area contributed by atoms with Crippen molar-refractivity contribution < 1.29 is 15.0 Å². The number of allylic oxidation sites excluding steroid dienone is 2. The molecule has 0 aliphatic heterocycles. The number of hydrogen-bond donors (Lipinski definition) is 3. The molecule has 0 bridgehead atoms. The summed E-state index contributed by atoms with van der Waals surface area (Å²) >= 11 is 0. The smallest absolute Gasteiger partial charge is 0.323 e. The SMILES string of the molecule is Cc1c(C=C=CC=Cc2ccc(N(C)CC(=O)O)cc2)c(=O)n(CCO)c2[nH]n(-c3ccccc3)c(=O)c12. The third kappa shape index (κ3) is 5.44. The zero-order chi connectivity index (χ0) is 27.2. The number of rotatable bonds is 9. The molecule has 0 spiro atoms. The number of hydrogen-bond acceptors (Lipinski definition) is 5. The van der Waals surface area contributed by atoms with Gasteiger partial charge in [0.15, 0.2) is 0 Å². The second-order valence-electron chi connectivity index (χ2n) is 8.71. The molecular weight excluding hydrogens is 484 g/mol. The van der Waals surface area contributed by atoms with E-state index in [1.54, 1.807) is 49.2 Å². The maximum absolute atomic E-state index is 13.3. The van der Waals surface area contributed by atoms with E-state index in [9.17, 15) is 19.5 Å². The number of likely N-dealkylation sites (N-methyl/N-ethyl adjacent to an activating group) is 1. The molecule has 9 nitrogen and oxygen atoms in total. The third-order valence-electron chi connectivity index (χ3n) is 6.15. The van der Waals surface area contributed by atoms with Crippen molar-refractivity contribution in [2.24, 2.45) is 0 Å². The summed E-state index contributed by atoms with van der Waals surface area (Å²) in [5.41, 5.74) is 5.91. The molecule has 0 unspecified atom stereocenters. The molecule has 0 saturated heterocycles. The molecule has 194 valence electrons. The van der Waals surface area contributed by atoms with Crippen LogP contribution in [0.25, 0.3) is 28.9 Å². The largest absolute Gasteiger partial charge is 0.480 e. The Morgan fingerprint density at radius 3 is 2.45 bits per heavy atom. The zero-order valence-electron chi connectivity index (χ0n) is 21.1. The van der Waals surface area contributed by atoms with Crippen molar-refractivity contribution in [3.63, 3.8) is 0 Å². The number of carboxylic acids is 1. The van der Waals surface area contributed by atoms with Crippen LogP contribution in [-0.4, -0.2) is 50.7 Å². The number of aliphatic carboxylic acids is 1. The van der Waals surface area contributed by atoms with Gasteiger partial charge < -0.3 is 15.1 Å². The minimum Gasteiger partial charge on any atom is -0.480 e. The van der Waals surface area contributed by atoms with Crippen LogP contribution in [-0.2, 0) is 11.3 Å². The molecule has 2 aromatic heterocycles. The molecule has 2 heterocycles. The van der Waals surface area contributed by atoms with Gasteiger partial charge in [0.05, 0.1) is 29.8 Å². The Hall–Kier alpha value is -4.85. The predicted octanol–water partition coefficient (Wildman–Crippen LogP) is 3.18. The van der Waals surface area contributed by atoms with Gasteiger partial charge in [-0.3, -0.25) is 24.0 Å². The van der Waals surface area contributed by atoms with Crippen molar-refractivity contribution >= 4 is 34.8 Å². The number of nitrogens with zero attached hydrogens (tertiary/aromatic N) is 3. The number of fused-ring (bicyclic) bond motifs is 1. The highest BCUT2D eigenvalue weighted by molar-refractivity contribution is 5.82. The summed E-state index contributed by atoms with van der Waals surface area (Å²) in [6.45, 7) is 1.41. The van der Waals surface area contributed by atoms with E-state index in [4.69, 9.17) is 5.11 Å². The number of nitrogens with one attached hydrogen (secondary N) is 1. The summed E-state index contributed by atoms with van der Waals surface area (Å²) in [7, 11) is 1.71. The van der Waals surface area contributed by atoms with E-state index in [1.807, 2.05) is 48.5 Å². The van der Waals surface area contributed by atoms with Crippen LogP contribution in [0.3, 0.4) is 0 Å². The van der Waals surface area contributed by atoms with Crippen molar-refractivity contribution in [3.8, 4) is 5.69 Å². The summed E-state index contributed by atoms with van der Waals surface area (Å²) in [4.78, 5) is 39.1. The van der Waals surface area contributed by atoms with E-state index in [0.717, 1.165) is 11.3 Å². The van der Waals surface area contributed by atoms with Gasteiger partial charge in [0.25, 0.3) is 11.1 Å². The summed E-state index contributed by atoms with van der Waals surface area (Å²) in [6.07, 6.45) is 6.82. The summed E-state index contributed by atoms with van der Waals surface area (Å²) in [6, 6.07) is 16.5.